The molecule has 0 amide bonds. The second-order valence-corrected chi connectivity index (χ2v) is 4.59. The van der Waals surface area contributed by atoms with E-state index in [0.29, 0.717) is 9.13 Å². The van der Waals surface area contributed by atoms with Crippen molar-refractivity contribution < 1.29 is 23.0 Å². The van der Waals surface area contributed by atoms with E-state index >= 15 is 0 Å². The molecule has 0 unspecified atom stereocenters. The lowest BCUT2D eigenvalue weighted by Gasteiger charge is -2.10. The Morgan fingerprint density at radius 1 is 1.53 bits per heavy atom. The van der Waals surface area contributed by atoms with Gasteiger partial charge in [-0.05, 0) is 47.2 Å². The van der Waals surface area contributed by atoms with Crippen molar-refractivity contribution in [3.8, 4) is 11.8 Å². The summed E-state index contributed by atoms with van der Waals surface area (Å²) in [5, 5.41) is 8.90. The van der Waals surface area contributed by atoms with Gasteiger partial charge in [0.05, 0.1) is 13.0 Å². The third-order valence-electron chi connectivity index (χ3n) is 2.10. The first kappa shape index (κ1) is 15.6. The number of carbonyl (C=O) groups excluding carboxylic acids is 1. The van der Waals surface area contributed by atoms with Crippen LogP contribution in [0.1, 0.15) is 18.1 Å². The molecule has 0 bridgehead atoms. The lowest BCUT2D eigenvalue weighted by atomic mass is 10.1. The summed E-state index contributed by atoms with van der Waals surface area (Å²) in [6, 6.07) is 4.61. The molecule has 7 heteroatoms. The highest BCUT2D eigenvalue weighted by Gasteiger charge is 2.15. The van der Waals surface area contributed by atoms with Gasteiger partial charge in [0.2, 0.25) is 0 Å². The predicted molar refractivity (Wildman–Crippen MR) is 70.8 cm³/mol. The number of esters is 1. The Morgan fingerprint density at radius 3 is 2.74 bits per heavy atom. The summed E-state index contributed by atoms with van der Waals surface area (Å²) in [6.45, 7) is -1.11. The van der Waals surface area contributed by atoms with Gasteiger partial charge in [-0.15, -0.1) is 0 Å². The number of carbonyl (C=O) groups is 1. The number of alkyl halides is 2. The van der Waals surface area contributed by atoms with Gasteiger partial charge < -0.3 is 9.47 Å². The zero-order valence-electron chi connectivity index (χ0n) is 9.95. The van der Waals surface area contributed by atoms with Crippen LogP contribution >= 0.6 is 22.6 Å². The first-order chi connectivity index (χ1) is 8.97. The standard InChI is InChI=1S/C12H10F2INO3/c1-2-18-11(17)5-7-3-9(15)8(6-16)10(4-7)19-12(13)14/h3-4,12H,2,5H2,1H3. The molecule has 0 saturated heterocycles. The Morgan fingerprint density at radius 2 is 2.21 bits per heavy atom. The fourth-order valence-corrected chi connectivity index (χ4v) is 2.20. The lowest BCUT2D eigenvalue weighted by Crippen LogP contribution is -2.09. The summed E-state index contributed by atoms with van der Waals surface area (Å²) in [7, 11) is 0. The molecule has 1 aromatic carbocycles. The maximum absolute atomic E-state index is 12.3. The van der Waals surface area contributed by atoms with E-state index in [1.54, 1.807) is 19.1 Å². The normalized spacial score (nSPS) is 10.1. The molecule has 0 N–H and O–H groups in total. The topological polar surface area (TPSA) is 59.3 Å². The molecule has 102 valence electrons. The molecule has 0 aliphatic rings. The third kappa shape index (κ3) is 4.63. The number of hydrogen-bond donors (Lipinski definition) is 0. The second-order valence-electron chi connectivity index (χ2n) is 3.42. The molecular weight excluding hydrogens is 371 g/mol. The van der Waals surface area contributed by atoms with Crippen LogP contribution in [0.4, 0.5) is 8.78 Å². The highest BCUT2D eigenvalue weighted by molar-refractivity contribution is 14.1. The number of benzene rings is 1. The van der Waals surface area contributed by atoms with Crippen LogP contribution in [-0.2, 0) is 16.0 Å². The fraction of sp³-hybridized carbons (Fsp3) is 0.333. The molecule has 0 atom stereocenters. The predicted octanol–water partition coefficient (Wildman–Crippen LogP) is 2.87. The van der Waals surface area contributed by atoms with Gasteiger partial charge in [-0.2, -0.15) is 14.0 Å². The molecule has 1 aromatic rings. The van der Waals surface area contributed by atoms with Crippen molar-refractivity contribution in [3.63, 3.8) is 0 Å². The Balaban J connectivity index is 3.05. The van der Waals surface area contributed by atoms with Crippen molar-refractivity contribution in [2.24, 2.45) is 0 Å². The van der Waals surface area contributed by atoms with Crippen molar-refractivity contribution in [2.75, 3.05) is 6.61 Å². The first-order valence-corrected chi connectivity index (χ1v) is 6.38. The molecule has 0 fully saturated rings. The van der Waals surface area contributed by atoms with Gasteiger partial charge >= 0.3 is 12.6 Å². The maximum atomic E-state index is 12.3. The summed E-state index contributed by atoms with van der Waals surface area (Å²) in [6.07, 6.45) is -0.0604. The van der Waals surface area contributed by atoms with Gasteiger partial charge in [-0.1, -0.05) is 0 Å². The Labute approximate surface area is 122 Å². The van der Waals surface area contributed by atoms with Gasteiger partial charge in [-0.3, -0.25) is 4.79 Å². The second kappa shape index (κ2) is 7.23. The Kier molecular flexibility index (Phi) is 5.95. The average Bonchev–Trinajstić information content (AvgIpc) is 2.27. The molecule has 19 heavy (non-hydrogen) atoms. The SMILES string of the molecule is CCOC(=O)Cc1cc(I)c(C#N)c(OC(F)F)c1. The molecule has 0 aliphatic carbocycles. The van der Waals surface area contributed by atoms with E-state index in [1.165, 1.54) is 6.07 Å². The Bertz CT molecular complexity index is 514. The number of halogens is 3. The summed E-state index contributed by atoms with van der Waals surface area (Å²) < 4.78 is 34.0. The summed E-state index contributed by atoms with van der Waals surface area (Å²) >= 11 is 1.83. The summed E-state index contributed by atoms with van der Waals surface area (Å²) in [4.78, 5) is 11.3. The monoisotopic (exact) mass is 381 g/mol. The van der Waals surface area contributed by atoms with Crippen molar-refractivity contribution in [3.05, 3.63) is 26.8 Å². The molecule has 0 aromatic heterocycles. The van der Waals surface area contributed by atoms with E-state index < -0.39 is 12.6 Å². The van der Waals surface area contributed by atoms with E-state index in [1.807, 2.05) is 22.6 Å². The van der Waals surface area contributed by atoms with Crippen LogP contribution in [0.3, 0.4) is 0 Å². The molecule has 0 heterocycles. The first-order valence-electron chi connectivity index (χ1n) is 5.30. The number of nitrogens with zero attached hydrogens (tertiary/aromatic N) is 1. The minimum Gasteiger partial charge on any atom is -0.466 e. The molecular formula is C12H10F2INO3. The van der Waals surface area contributed by atoms with Crippen LogP contribution in [0.15, 0.2) is 12.1 Å². The van der Waals surface area contributed by atoms with E-state index in [4.69, 9.17) is 10.00 Å². The van der Waals surface area contributed by atoms with Crippen molar-refractivity contribution in [1.29, 1.82) is 5.26 Å². The van der Waals surface area contributed by atoms with E-state index in [-0.39, 0.29) is 24.3 Å². The van der Waals surface area contributed by atoms with E-state index in [2.05, 4.69) is 4.74 Å². The number of rotatable bonds is 5. The van der Waals surface area contributed by atoms with Crippen molar-refractivity contribution in [2.45, 2.75) is 20.0 Å². The number of hydrogen-bond acceptors (Lipinski definition) is 4. The molecule has 1 rings (SSSR count). The van der Waals surface area contributed by atoms with Gasteiger partial charge in [0.1, 0.15) is 17.4 Å². The van der Waals surface area contributed by atoms with Crippen molar-refractivity contribution in [1.82, 2.24) is 0 Å². The fourth-order valence-electron chi connectivity index (χ4n) is 1.41. The van der Waals surface area contributed by atoms with E-state index in [9.17, 15) is 13.6 Å². The maximum Gasteiger partial charge on any atom is 0.387 e. The highest BCUT2D eigenvalue weighted by atomic mass is 127. The average molecular weight is 381 g/mol. The minimum absolute atomic E-state index is 0.0218. The molecule has 0 aliphatic heterocycles. The third-order valence-corrected chi connectivity index (χ3v) is 2.95. The quantitative estimate of drug-likeness (QED) is 0.582. The molecule has 0 radical (unpaired) electrons. The zero-order valence-corrected chi connectivity index (χ0v) is 12.1. The van der Waals surface area contributed by atoms with Gasteiger partial charge in [0.25, 0.3) is 0 Å². The number of ether oxygens (including phenoxy) is 2. The minimum atomic E-state index is -3.03. The molecule has 0 saturated carbocycles. The van der Waals surface area contributed by atoms with Crippen LogP contribution in [0.2, 0.25) is 0 Å². The largest absolute Gasteiger partial charge is 0.466 e. The van der Waals surface area contributed by atoms with Crippen LogP contribution in [0, 0.1) is 14.9 Å². The van der Waals surface area contributed by atoms with Crippen LogP contribution in [-0.4, -0.2) is 19.2 Å². The van der Waals surface area contributed by atoms with Crippen LogP contribution in [0.5, 0.6) is 5.75 Å². The zero-order chi connectivity index (χ0) is 14.4. The van der Waals surface area contributed by atoms with Gasteiger partial charge in [0, 0.05) is 3.57 Å². The van der Waals surface area contributed by atoms with Gasteiger partial charge in [-0.25, -0.2) is 0 Å². The van der Waals surface area contributed by atoms with Crippen LogP contribution < -0.4 is 4.74 Å². The van der Waals surface area contributed by atoms with E-state index in [0.717, 1.165) is 0 Å². The highest BCUT2D eigenvalue weighted by Crippen LogP contribution is 2.27. The molecule has 4 nitrogen and oxygen atoms in total. The summed E-state index contributed by atoms with van der Waals surface area (Å²) in [5.74, 6) is -0.699. The van der Waals surface area contributed by atoms with Crippen LogP contribution in [0.25, 0.3) is 0 Å². The smallest absolute Gasteiger partial charge is 0.387 e. The number of nitriles is 1. The van der Waals surface area contributed by atoms with Crippen molar-refractivity contribution >= 4 is 28.6 Å². The van der Waals surface area contributed by atoms with Gasteiger partial charge in [0.15, 0.2) is 0 Å². The Hall–Kier alpha value is -1.43. The lowest BCUT2D eigenvalue weighted by molar-refractivity contribution is -0.142. The summed E-state index contributed by atoms with van der Waals surface area (Å²) in [5.41, 5.74) is 0.478. The molecule has 0 spiro atoms.